The first-order valence-corrected chi connectivity index (χ1v) is 35.5. The van der Waals surface area contributed by atoms with Gasteiger partial charge < -0.3 is 0 Å². The molecule has 0 nitrogen and oxygen atoms in total. The summed E-state index contributed by atoms with van der Waals surface area (Å²) in [5.74, 6) is 0.136. The Balaban J connectivity index is 1.54. The summed E-state index contributed by atoms with van der Waals surface area (Å²) in [5, 5.41) is 0. The summed E-state index contributed by atoms with van der Waals surface area (Å²) in [6, 6.07) is 32.4. The summed E-state index contributed by atoms with van der Waals surface area (Å²) in [6.07, 6.45) is 7.29. The second kappa shape index (κ2) is 14.5. The third-order valence-electron chi connectivity index (χ3n) is 12.5. The van der Waals surface area contributed by atoms with E-state index in [0.717, 1.165) is 12.8 Å². The van der Waals surface area contributed by atoms with Crippen LogP contribution in [0.5, 0.6) is 0 Å². The van der Waals surface area contributed by atoms with Crippen LogP contribution in [0, 0.1) is 11.8 Å². The first-order valence-electron chi connectivity index (χ1n) is 19.2. The Morgan fingerprint density at radius 2 is 0.920 bits per heavy atom. The van der Waals surface area contributed by atoms with Crippen LogP contribution >= 0.6 is 17.0 Å². The Kier molecular flexibility index (Phi) is 10.9. The fraction of sp³-hybridized carbons (Fsp3) is 0.391. The van der Waals surface area contributed by atoms with E-state index in [-0.39, 0.29) is 7.25 Å². The molecule has 0 heterocycles. The molecule has 0 bridgehead atoms. The first kappa shape index (κ1) is 37.8. The topological polar surface area (TPSA) is 0 Å². The third-order valence-corrected chi connectivity index (χ3v) is 64.2. The van der Waals surface area contributed by atoms with Crippen LogP contribution in [-0.4, -0.2) is 5.92 Å². The summed E-state index contributed by atoms with van der Waals surface area (Å²) in [4.78, 5) is 0. The van der Waals surface area contributed by atoms with E-state index in [9.17, 15) is 0 Å². The van der Waals surface area contributed by atoms with Crippen molar-refractivity contribution in [2.45, 2.75) is 100 Å². The van der Waals surface area contributed by atoms with E-state index < -0.39 is 21.5 Å². The number of fused-ring (bicyclic) bond motifs is 2. The molecule has 2 aliphatic rings. The van der Waals surface area contributed by atoms with Gasteiger partial charge in [-0.1, -0.05) is 0 Å². The predicted molar refractivity (Wildman–Crippen MR) is 223 cm³/mol. The van der Waals surface area contributed by atoms with Crippen molar-refractivity contribution in [2.24, 2.45) is 11.8 Å². The molecule has 2 aliphatic carbocycles. The number of allylic oxidation sites excluding steroid dienone is 2. The van der Waals surface area contributed by atoms with E-state index in [1.54, 1.807) is 0 Å². The molecule has 4 atom stereocenters. The van der Waals surface area contributed by atoms with Crippen LogP contribution in [0.25, 0.3) is 34.4 Å². The Labute approximate surface area is 312 Å². The molecule has 4 aromatic carbocycles. The van der Waals surface area contributed by atoms with Crippen molar-refractivity contribution in [3.63, 3.8) is 0 Å². The molecule has 6 rings (SSSR count). The van der Waals surface area contributed by atoms with Crippen LogP contribution in [0.3, 0.4) is 0 Å². The normalized spacial score (nSPS) is 19.2. The maximum atomic E-state index is 8.77. The van der Waals surface area contributed by atoms with Gasteiger partial charge >= 0.3 is 315 Å². The monoisotopic (exact) mass is 797 g/mol. The standard InChI is InChI=1S/2C22H25.C2H7Si.2ClH.Zr/c2*1-5-16(4)17-9-11-18(12-10-17)21-8-6-7-19-13-20(15(2)3)14-22(19)21;1-3-2;;;/h2*6-16H,5H2,1-4H3;3H,1-2H3;2*1H;/q;;;;;+2/p-2. The van der Waals surface area contributed by atoms with E-state index >= 15 is 0 Å². The molecule has 0 spiro atoms. The summed E-state index contributed by atoms with van der Waals surface area (Å²) >= 11 is -4.90. The van der Waals surface area contributed by atoms with E-state index in [1.165, 1.54) is 66.8 Å². The molecule has 4 unspecified atom stereocenters. The molecule has 50 heavy (non-hydrogen) atoms. The number of hydrogen-bond acceptors (Lipinski definition) is 0. The molecule has 0 N–H and O–H groups in total. The second-order valence-corrected chi connectivity index (χ2v) is 58.8. The van der Waals surface area contributed by atoms with Gasteiger partial charge in [-0.05, 0) is 0 Å². The van der Waals surface area contributed by atoms with Gasteiger partial charge in [0.2, 0.25) is 0 Å². The van der Waals surface area contributed by atoms with Crippen molar-refractivity contribution in [3.8, 4) is 22.3 Å². The van der Waals surface area contributed by atoms with Gasteiger partial charge in [0, 0.05) is 0 Å². The molecule has 4 aromatic rings. The van der Waals surface area contributed by atoms with Crippen LogP contribution in [0.2, 0.25) is 13.1 Å². The van der Waals surface area contributed by atoms with Crippen LogP contribution in [0.4, 0.5) is 0 Å². The molecule has 0 amide bonds. The third kappa shape index (κ3) is 6.27. The quantitative estimate of drug-likeness (QED) is 0.133. The number of halogens is 2. The Morgan fingerprint density at radius 3 is 1.22 bits per heavy atom. The Hall–Kier alpha value is -1.96. The van der Waals surface area contributed by atoms with Gasteiger partial charge in [-0.3, -0.25) is 0 Å². The van der Waals surface area contributed by atoms with Crippen LogP contribution in [-0.2, 0) is 15.6 Å². The van der Waals surface area contributed by atoms with Crippen LogP contribution in [0.1, 0.15) is 121 Å². The second-order valence-electron chi connectivity index (χ2n) is 16.3. The molecule has 0 aliphatic heterocycles. The number of rotatable bonds is 11. The molecule has 0 fully saturated rings. The van der Waals surface area contributed by atoms with E-state index in [4.69, 9.17) is 17.0 Å². The van der Waals surface area contributed by atoms with Crippen molar-refractivity contribution in [3.05, 3.63) is 129 Å². The Morgan fingerprint density at radius 1 is 0.560 bits per heavy atom. The van der Waals surface area contributed by atoms with Gasteiger partial charge in [0.1, 0.15) is 0 Å². The van der Waals surface area contributed by atoms with Gasteiger partial charge in [-0.25, -0.2) is 0 Å². The molecule has 0 aromatic heterocycles. The van der Waals surface area contributed by atoms with Crippen molar-refractivity contribution in [1.29, 1.82) is 0 Å². The van der Waals surface area contributed by atoms with Crippen LogP contribution in [0.15, 0.2) is 96.1 Å². The van der Waals surface area contributed by atoms with Crippen molar-refractivity contribution in [2.75, 3.05) is 0 Å². The first-order chi connectivity index (χ1) is 23.7. The number of benzene rings is 4. The summed E-state index contributed by atoms with van der Waals surface area (Å²) in [5.41, 5.74) is 16.2. The van der Waals surface area contributed by atoms with Gasteiger partial charge in [-0.2, -0.15) is 0 Å². The van der Waals surface area contributed by atoms with E-state index in [1.807, 2.05) is 0 Å². The molecule has 0 saturated carbocycles. The predicted octanol–water partition coefficient (Wildman–Crippen LogP) is 14.9. The van der Waals surface area contributed by atoms with Crippen molar-refractivity contribution < 1.29 is 15.6 Å². The minimum absolute atomic E-state index is 0.0809. The fourth-order valence-corrected chi connectivity index (χ4v) is 40.4. The SMILES string of the molecule is CCC(C)c1ccc(-c2cccc3c2C=C(C(C)C)[CH]3[Zr]([Cl])([Cl])([CH]2C(C(C)C)=Cc3c(-c4ccc(C(C)CC)cc4)cccc32)[SiH](C)C)cc1. The van der Waals surface area contributed by atoms with Gasteiger partial charge in [0.05, 0.1) is 0 Å². The van der Waals surface area contributed by atoms with Gasteiger partial charge in [0.15, 0.2) is 0 Å². The molecule has 4 heteroatoms. The van der Waals surface area contributed by atoms with Gasteiger partial charge in [0.25, 0.3) is 0 Å². The zero-order chi connectivity index (χ0) is 36.1. The zero-order valence-corrected chi connectivity index (χ0v) is 37.1. The Bertz CT molecular complexity index is 1800. The summed E-state index contributed by atoms with van der Waals surface area (Å²) in [6.45, 7) is 23.5. The molecule has 0 saturated heterocycles. The average molecular weight is 800 g/mol. The fourth-order valence-electron chi connectivity index (χ4n) is 8.87. The summed E-state index contributed by atoms with van der Waals surface area (Å²) in [7, 11) is 17.5. The maximum absolute atomic E-state index is 8.77. The molecule has 263 valence electrons. The van der Waals surface area contributed by atoms with Gasteiger partial charge in [-0.15, -0.1) is 0 Å². The van der Waals surface area contributed by atoms with E-state index in [2.05, 4.69) is 166 Å². The summed E-state index contributed by atoms with van der Waals surface area (Å²) < 4.78 is 0.162. The van der Waals surface area contributed by atoms with E-state index in [0.29, 0.717) is 23.7 Å². The molecule has 0 radical (unpaired) electrons. The molecular formula is C46H57Cl2SiZr. The zero-order valence-electron chi connectivity index (χ0n) is 31.9. The van der Waals surface area contributed by atoms with Crippen LogP contribution < -0.4 is 0 Å². The molecular weight excluding hydrogens is 743 g/mol. The van der Waals surface area contributed by atoms with Crippen molar-refractivity contribution >= 4 is 35.1 Å². The minimum atomic E-state index is -4.90. The number of hydrogen-bond donors (Lipinski definition) is 0. The average Bonchev–Trinajstić information content (AvgIpc) is 3.73. The van der Waals surface area contributed by atoms with Crippen molar-refractivity contribution in [1.82, 2.24) is 0 Å².